The van der Waals surface area contributed by atoms with Crippen molar-refractivity contribution >= 4 is 21.8 Å². The van der Waals surface area contributed by atoms with E-state index in [0.29, 0.717) is 0 Å². The maximum Gasteiger partial charge on any atom is 0.251 e. The van der Waals surface area contributed by atoms with Gasteiger partial charge in [-0.3, -0.25) is 4.79 Å². The number of halogens is 1. The summed E-state index contributed by atoms with van der Waals surface area (Å²) in [6.45, 7) is 4.05. The normalized spacial score (nSPS) is 16.6. The highest BCUT2D eigenvalue weighted by atomic mass is 79.9. The lowest BCUT2D eigenvalue weighted by Gasteiger charge is -2.19. The second kappa shape index (κ2) is 8.42. The fraction of sp³-hybridized carbons (Fsp3) is 0.562. The molecule has 1 fully saturated rings. The van der Waals surface area contributed by atoms with Crippen LogP contribution in [0.5, 0.6) is 0 Å². The Morgan fingerprint density at radius 1 is 1.20 bits per heavy atom. The van der Waals surface area contributed by atoms with Gasteiger partial charge in [0.1, 0.15) is 0 Å². The van der Waals surface area contributed by atoms with Crippen molar-refractivity contribution in [3.05, 3.63) is 35.4 Å². The molecule has 2 rings (SSSR count). The lowest BCUT2D eigenvalue weighted by molar-refractivity contribution is 0.0948. The Morgan fingerprint density at radius 3 is 2.65 bits per heavy atom. The van der Waals surface area contributed by atoms with E-state index in [1.807, 2.05) is 24.3 Å². The van der Waals surface area contributed by atoms with Crippen LogP contribution in [0.4, 0.5) is 0 Å². The van der Waals surface area contributed by atoms with Crippen LogP contribution in [0.1, 0.15) is 41.6 Å². The van der Waals surface area contributed by atoms with Crippen molar-refractivity contribution in [2.45, 2.75) is 31.0 Å². The molecule has 0 aliphatic carbocycles. The largest absolute Gasteiger partial charge is 0.351 e. The van der Waals surface area contributed by atoms with Gasteiger partial charge in [-0.15, -0.1) is 0 Å². The van der Waals surface area contributed by atoms with E-state index >= 15 is 0 Å². The molecule has 0 bridgehead atoms. The summed E-state index contributed by atoms with van der Waals surface area (Å²) in [6.07, 6.45) is 5.28. The quantitative estimate of drug-likeness (QED) is 0.836. The van der Waals surface area contributed by atoms with E-state index in [2.05, 4.69) is 26.1 Å². The average Bonchev–Trinajstić information content (AvgIpc) is 2.76. The van der Waals surface area contributed by atoms with Crippen LogP contribution in [-0.2, 0) is 5.33 Å². The van der Waals surface area contributed by atoms with Gasteiger partial charge in [0.2, 0.25) is 0 Å². The fourth-order valence-electron chi connectivity index (χ4n) is 2.59. The highest BCUT2D eigenvalue weighted by Crippen LogP contribution is 2.10. The molecule has 0 aromatic heterocycles. The van der Waals surface area contributed by atoms with Crippen molar-refractivity contribution in [2.24, 2.45) is 0 Å². The first kappa shape index (κ1) is 15.5. The summed E-state index contributed by atoms with van der Waals surface area (Å²) in [5.41, 5.74) is 1.88. The van der Waals surface area contributed by atoms with Gasteiger partial charge in [-0.2, -0.15) is 0 Å². The maximum atomic E-state index is 12.1. The van der Waals surface area contributed by atoms with Crippen molar-refractivity contribution < 1.29 is 4.79 Å². The minimum atomic E-state index is 0.0302. The summed E-state index contributed by atoms with van der Waals surface area (Å²) in [5, 5.41) is 3.80. The van der Waals surface area contributed by atoms with Gasteiger partial charge in [0.25, 0.3) is 5.91 Å². The first-order valence-electron chi connectivity index (χ1n) is 7.45. The van der Waals surface area contributed by atoms with Crippen LogP contribution in [0.25, 0.3) is 0 Å². The molecule has 0 atom stereocenters. The van der Waals surface area contributed by atoms with E-state index in [0.717, 1.165) is 29.5 Å². The molecule has 0 saturated carbocycles. The van der Waals surface area contributed by atoms with E-state index in [9.17, 15) is 4.79 Å². The summed E-state index contributed by atoms with van der Waals surface area (Å²) in [4.78, 5) is 14.5. The first-order chi connectivity index (χ1) is 9.79. The monoisotopic (exact) mass is 338 g/mol. The fourth-order valence-corrected chi connectivity index (χ4v) is 2.93. The number of nitrogens with zero attached hydrogens (tertiary/aromatic N) is 1. The molecule has 1 aliphatic rings. The third-order valence-corrected chi connectivity index (χ3v) is 4.40. The number of hydrogen-bond acceptors (Lipinski definition) is 2. The lowest BCUT2D eigenvalue weighted by atomic mass is 10.1. The predicted octanol–water partition coefficient (Wildman–Crippen LogP) is 3.19. The predicted molar refractivity (Wildman–Crippen MR) is 86.3 cm³/mol. The number of carbonyl (C=O) groups excluding carboxylic acids is 1. The minimum absolute atomic E-state index is 0.0302. The standard InChI is InChI=1S/C16H23BrN2O/c17-13-14-6-5-7-15(12-14)16(20)18-8-11-19-9-3-1-2-4-10-19/h5-7,12H,1-4,8-11,13H2,(H,18,20). The molecular weight excluding hydrogens is 316 g/mol. The zero-order chi connectivity index (χ0) is 14.2. The summed E-state index contributed by atoms with van der Waals surface area (Å²) < 4.78 is 0. The van der Waals surface area contributed by atoms with E-state index in [1.165, 1.54) is 38.8 Å². The number of amides is 1. The summed E-state index contributed by atoms with van der Waals surface area (Å²) in [6, 6.07) is 7.76. The first-order valence-corrected chi connectivity index (χ1v) is 8.57. The maximum absolute atomic E-state index is 12.1. The van der Waals surface area contributed by atoms with Crippen LogP contribution in [-0.4, -0.2) is 37.0 Å². The van der Waals surface area contributed by atoms with Crippen molar-refractivity contribution in [1.29, 1.82) is 0 Å². The number of likely N-dealkylation sites (tertiary alicyclic amines) is 1. The molecule has 1 aromatic carbocycles. The lowest BCUT2D eigenvalue weighted by Crippen LogP contribution is -2.35. The number of carbonyl (C=O) groups is 1. The van der Waals surface area contributed by atoms with Crippen LogP contribution in [0.3, 0.4) is 0 Å². The van der Waals surface area contributed by atoms with Gasteiger partial charge >= 0.3 is 0 Å². The smallest absolute Gasteiger partial charge is 0.251 e. The second-order valence-electron chi connectivity index (χ2n) is 5.35. The van der Waals surface area contributed by atoms with E-state index in [4.69, 9.17) is 0 Å². The SMILES string of the molecule is O=C(NCCN1CCCCCC1)c1cccc(CBr)c1. The van der Waals surface area contributed by atoms with Crippen molar-refractivity contribution in [3.63, 3.8) is 0 Å². The molecule has 0 radical (unpaired) electrons. The van der Waals surface area contributed by atoms with Gasteiger partial charge in [0.15, 0.2) is 0 Å². The summed E-state index contributed by atoms with van der Waals surface area (Å²) in [7, 11) is 0. The van der Waals surface area contributed by atoms with Gasteiger partial charge in [-0.05, 0) is 43.6 Å². The van der Waals surface area contributed by atoms with Crippen molar-refractivity contribution in [2.75, 3.05) is 26.2 Å². The zero-order valence-electron chi connectivity index (χ0n) is 11.9. The number of alkyl halides is 1. The van der Waals surface area contributed by atoms with Crippen molar-refractivity contribution in [3.8, 4) is 0 Å². The Balaban J connectivity index is 1.76. The molecule has 0 spiro atoms. The molecule has 1 N–H and O–H groups in total. The van der Waals surface area contributed by atoms with E-state index in [-0.39, 0.29) is 5.91 Å². The molecular formula is C16H23BrN2O. The number of nitrogens with one attached hydrogen (secondary N) is 1. The number of rotatable bonds is 5. The van der Waals surface area contributed by atoms with Gasteiger partial charge in [0.05, 0.1) is 0 Å². The summed E-state index contributed by atoms with van der Waals surface area (Å²) in [5.74, 6) is 0.0302. The number of hydrogen-bond donors (Lipinski definition) is 1. The molecule has 4 heteroatoms. The van der Waals surface area contributed by atoms with Gasteiger partial charge < -0.3 is 10.2 Å². The van der Waals surface area contributed by atoms with Gasteiger partial charge in [-0.1, -0.05) is 40.9 Å². The van der Waals surface area contributed by atoms with Crippen LogP contribution in [0, 0.1) is 0 Å². The Bertz CT molecular complexity index is 428. The molecule has 1 aromatic rings. The van der Waals surface area contributed by atoms with Crippen LogP contribution in [0.2, 0.25) is 0 Å². The molecule has 0 unspecified atom stereocenters. The molecule has 20 heavy (non-hydrogen) atoms. The minimum Gasteiger partial charge on any atom is -0.351 e. The third-order valence-electron chi connectivity index (χ3n) is 3.76. The highest BCUT2D eigenvalue weighted by Gasteiger charge is 2.10. The van der Waals surface area contributed by atoms with Gasteiger partial charge in [-0.25, -0.2) is 0 Å². The number of benzene rings is 1. The zero-order valence-corrected chi connectivity index (χ0v) is 13.5. The third kappa shape index (κ3) is 4.91. The Labute approximate surface area is 129 Å². The second-order valence-corrected chi connectivity index (χ2v) is 5.91. The van der Waals surface area contributed by atoms with Crippen molar-refractivity contribution in [1.82, 2.24) is 10.2 Å². The van der Waals surface area contributed by atoms with Gasteiger partial charge in [0, 0.05) is 24.0 Å². The molecule has 1 aliphatic heterocycles. The molecule has 110 valence electrons. The highest BCUT2D eigenvalue weighted by molar-refractivity contribution is 9.08. The molecule has 1 heterocycles. The van der Waals surface area contributed by atoms with E-state index in [1.54, 1.807) is 0 Å². The molecule has 3 nitrogen and oxygen atoms in total. The van der Waals surface area contributed by atoms with Crippen LogP contribution in [0.15, 0.2) is 24.3 Å². The molecule has 1 amide bonds. The Kier molecular flexibility index (Phi) is 6.54. The van der Waals surface area contributed by atoms with Crippen LogP contribution >= 0.6 is 15.9 Å². The average molecular weight is 339 g/mol. The van der Waals surface area contributed by atoms with E-state index < -0.39 is 0 Å². The Morgan fingerprint density at radius 2 is 1.95 bits per heavy atom. The summed E-state index contributed by atoms with van der Waals surface area (Å²) >= 11 is 3.41. The molecule has 1 saturated heterocycles. The topological polar surface area (TPSA) is 32.3 Å². The Hall–Kier alpha value is -0.870. The van der Waals surface area contributed by atoms with Crippen LogP contribution < -0.4 is 5.32 Å².